The van der Waals surface area contributed by atoms with Gasteiger partial charge in [0.2, 0.25) is 0 Å². The van der Waals surface area contributed by atoms with Crippen molar-refractivity contribution in [2.24, 2.45) is 5.73 Å². The lowest BCUT2D eigenvalue weighted by Crippen LogP contribution is -2.24. The lowest BCUT2D eigenvalue weighted by Gasteiger charge is -2.24. The average molecular weight is 223 g/mol. The molecular weight excluding hydrogens is 206 g/mol. The molecule has 0 radical (unpaired) electrons. The standard InChI is InChI=1S/C11H17N3O2/c1-4-14-10(11(12)15)8-5-6(2)16-7(3)9(8)13-14/h6-7H,4-5H2,1-3H3,(H2,12,15)/t6-,7+/m0/s1. The number of rotatable bonds is 2. The van der Waals surface area contributed by atoms with Crippen LogP contribution in [0.4, 0.5) is 0 Å². The molecule has 1 aromatic rings. The zero-order valence-corrected chi connectivity index (χ0v) is 9.86. The quantitative estimate of drug-likeness (QED) is 0.813. The molecule has 2 rings (SSSR count). The number of aryl methyl sites for hydroxylation is 1. The van der Waals surface area contributed by atoms with Gasteiger partial charge in [0, 0.05) is 18.5 Å². The van der Waals surface area contributed by atoms with Gasteiger partial charge in [0.25, 0.3) is 5.91 Å². The van der Waals surface area contributed by atoms with Crippen LogP contribution < -0.4 is 5.73 Å². The van der Waals surface area contributed by atoms with Gasteiger partial charge in [0.1, 0.15) is 5.69 Å². The molecule has 1 amide bonds. The first-order chi connectivity index (χ1) is 7.54. The summed E-state index contributed by atoms with van der Waals surface area (Å²) in [4.78, 5) is 11.4. The van der Waals surface area contributed by atoms with Crippen molar-refractivity contribution in [1.82, 2.24) is 9.78 Å². The Hall–Kier alpha value is -1.36. The number of fused-ring (bicyclic) bond motifs is 1. The zero-order chi connectivity index (χ0) is 11.9. The molecule has 2 N–H and O–H groups in total. The van der Waals surface area contributed by atoms with E-state index in [1.54, 1.807) is 4.68 Å². The Bertz CT molecular complexity index is 425. The van der Waals surface area contributed by atoms with Gasteiger partial charge < -0.3 is 10.5 Å². The highest BCUT2D eigenvalue weighted by atomic mass is 16.5. The first-order valence-corrected chi connectivity index (χ1v) is 5.59. The molecule has 0 fully saturated rings. The highest BCUT2D eigenvalue weighted by Crippen LogP contribution is 2.31. The van der Waals surface area contributed by atoms with Gasteiger partial charge in [0.15, 0.2) is 0 Å². The van der Waals surface area contributed by atoms with Crippen LogP contribution in [-0.2, 0) is 17.7 Å². The van der Waals surface area contributed by atoms with Crippen molar-refractivity contribution in [2.75, 3.05) is 0 Å². The molecule has 5 nitrogen and oxygen atoms in total. The third kappa shape index (κ3) is 1.61. The summed E-state index contributed by atoms with van der Waals surface area (Å²) in [7, 11) is 0. The smallest absolute Gasteiger partial charge is 0.267 e. The molecule has 88 valence electrons. The van der Waals surface area contributed by atoms with Crippen LogP contribution in [0, 0.1) is 0 Å². The van der Waals surface area contributed by atoms with Crippen LogP contribution in [0.3, 0.4) is 0 Å². The van der Waals surface area contributed by atoms with E-state index in [2.05, 4.69) is 5.10 Å². The van der Waals surface area contributed by atoms with Gasteiger partial charge in [0.05, 0.1) is 17.9 Å². The van der Waals surface area contributed by atoms with E-state index in [1.165, 1.54) is 0 Å². The lowest BCUT2D eigenvalue weighted by atomic mass is 9.99. The zero-order valence-electron chi connectivity index (χ0n) is 9.86. The van der Waals surface area contributed by atoms with Crippen molar-refractivity contribution in [3.8, 4) is 0 Å². The van der Waals surface area contributed by atoms with E-state index in [0.717, 1.165) is 11.3 Å². The van der Waals surface area contributed by atoms with E-state index >= 15 is 0 Å². The van der Waals surface area contributed by atoms with Crippen LogP contribution in [0.25, 0.3) is 0 Å². The third-order valence-electron chi connectivity index (χ3n) is 2.93. The van der Waals surface area contributed by atoms with E-state index < -0.39 is 5.91 Å². The number of carbonyl (C=O) groups is 1. The minimum Gasteiger partial charge on any atom is -0.369 e. The van der Waals surface area contributed by atoms with Crippen molar-refractivity contribution in [3.05, 3.63) is 17.0 Å². The third-order valence-corrected chi connectivity index (χ3v) is 2.93. The molecule has 0 aromatic carbocycles. The van der Waals surface area contributed by atoms with Crippen molar-refractivity contribution < 1.29 is 9.53 Å². The molecule has 0 saturated heterocycles. The van der Waals surface area contributed by atoms with Crippen LogP contribution in [0.1, 0.15) is 48.6 Å². The number of ether oxygens (including phenoxy) is 1. The van der Waals surface area contributed by atoms with E-state index in [0.29, 0.717) is 18.7 Å². The van der Waals surface area contributed by atoms with Gasteiger partial charge in [-0.2, -0.15) is 5.10 Å². The summed E-state index contributed by atoms with van der Waals surface area (Å²) in [6.07, 6.45) is 0.748. The highest BCUT2D eigenvalue weighted by Gasteiger charge is 2.30. The predicted molar refractivity (Wildman–Crippen MR) is 59.1 cm³/mol. The van der Waals surface area contributed by atoms with Gasteiger partial charge >= 0.3 is 0 Å². The molecule has 0 saturated carbocycles. The van der Waals surface area contributed by atoms with Gasteiger partial charge in [-0.15, -0.1) is 0 Å². The fraction of sp³-hybridized carbons (Fsp3) is 0.636. The Labute approximate surface area is 94.6 Å². The normalized spacial score (nSPS) is 24.2. The summed E-state index contributed by atoms with van der Waals surface area (Å²) in [5, 5.41) is 4.40. The van der Waals surface area contributed by atoms with Crippen LogP contribution in [0.2, 0.25) is 0 Å². The molecule has 0 aliphatic carbocycles. The first kappa shape index (κ1) is 11.1. The maximum absolute atomic E-state index is 11.4. The topological polar surface area (TPSA) is 70.1 Å². The Kier molecular flexibility index (Phi) is 2.71. The SMILES string of the molecule is CCn1nc2c(c1C(N)=O)C[C@H](C)O[C@@H]2C. The maximum atomic E-state index is 11.4. The van der Waals surface area contributed by atoms with Crippen LogP contribution in [-0.4, -0.2) is 21.8 Å². The van der Waals surface area contributed by atoms with Crippen molar-refractivity contribution in [3.63, 3.8) is 0 Å². The first-order valence-electron chi connectivity index (χ1n) is 5.59. The number of aromatic nitrogens is 2. The van der Waals surface area contributed by atoms with Crippen LogP contribution in [0.5, 0.6) is 0 Å². The van der Waals surface area contributed by atoms with E-state index in [9.17, 15) is 4.79 Å². The Morgan fingerprint density at radius 2 is 2.31 bits per heavy atom. The summed E-state index contributed by atoms with van der Waals surface area (Å²) < 4.78 is 7.35. The second-order valence-corrected chi connectivity index (χ2v) is 4.19. The summed E-state index contributed by atoms with van der Waals surface area (Å²) >= 11 is 0. The van der Waals surface area contributed by atoms with Crippen molar-refractivity contribution >= 4 is 5.91 Å². The van der Waals surface area contributed by atoms with Gasteiger partial charge in [-0.1, -0.05) is 0 Å². The second-order valence-electron chi connectivity index (χ2n) is 4.19. The van der Waals surface area contributed by atoms with Gasteiger partial charge in [-0.05, 0) is 20.8 Å². The summed E-state index contributed by atoms with van der Waals surface area (Å²) in [5.41, 5.74) is 7.76. The molecule has 1 aromatic heterocycles. The Morgan fingerprint density at radius 3 is 2.88 bits per heavy atom. The molecule has 16 heavy (non-hydrogen) atoms. The molecule has 0 spiro atoms. The van der Waals surface area contributed by atoms with Crippen molar-refractivity contribution in [1.29, 1.82) is 0 Å². The number of nitrogens with two attached hydrogens (primary N) is 1. The molecule has 1 aliphatic heterocycles. The Morgan fingerprint density at radius 1 is 1.62 bits per heavy atom. The van der Waals surface area contributed by atoms with Crippen LogP contribution >= 0.6 is 0 Å². The summed E-state index contributed by atoms with van der Waals surface area (Å²) in [6, 6.07) is 0. The molecular formula is C11H17N3O2. The fourth-order valence-electron chi connectivity index (χ4n) is 2.30. The minimum absolute atomic E-state index is 0.0651. The maximum Gasteiger partial charge on any atom is 0.267 e. The largest absolute Gasteiger partial charge is 0.369 e. The second kappa shape index (κ2) is 3.90. The fourth-order valence-corrected chi connectivity index (χ4v) is 2.30. The predicted octanol–water partition coefficient (Wildman–Crippen LogP) is 1.02. The molecule has 1 aliphatic rings. The van der Waals surface area contributed by atoms with E-state index in [1.807, 2.05) is 20.8 Å². The molecule has 0 unspecified atom stereocenters. The van der Waals surface area contributed by atoms with Crippen LogP contribution in [0.15, 0.2) is 0 Å². The average Bonchev–Trinajstić information content (AvgIpc) is 2.56. The van der Waals surface area contributed by atoms with E-state index in [4.69, 9.17) is 10.5 Å². The molecule has 0 bridgehead atoms. The highest BCUT2D eigenvalue weighted by molar-refractivity contribution is 5.93. The lowest BCUT2D eigenvalue weighted by molar-refractivity contribution is -0.00711. The van der Waals surface area contributed by atoms with Gasteiger partial charge in [-0.3, -0.25) is 9.48 Å². The van der Waals surface area contributed by atoms with Crippen molar-refractivity contribution in [2.45, 2.75) is 45.9 Å². The summed E-state index contributed by atoms with van der Waals surface area (Å²) in [6.45, 7) is 6.53. The number of primary amides is 1. The Balaban J connectivity index is 2.56. The van der Waals surface area contributed by atoms with Gasteiger partial charge in [-0.25, -0.2) is 0 Å². The number of hydrogen-bond donors (Lipinski definition) is 1. The molecule has 2 heterocycles. The molecule has 2 atom stereocenters. The summed E-state index contributed by atoms with van der Waals surface area (Å²) in [5.74, 6) is -0.406. The number of hydrogen-bond acceptors (Lipinski definition) is 3. The minimum atomic E-state index is -0.406. The number of amides is 1. The molecule has 5 heteroatoms. The monoisotopic (exact) mass is 223 g/mol. The van der Waals surface area contributed by atoms with E-state index in [-0.39, 0.29) is 12.2 Å². The number of carbonyl (C=O) groups excluding carboxylic acids is 1. The number of nitrogens with zero attached hydrogens (tertiary/aromatic N) is 2.